The standard InChI is InChI=1S/C11H16FNO2/c1-11(14-2,13(12)15-3)9-10-7-5-4-6-8-10/h4-8H,9H2,1-3H3. The Bertz CT molecular complexity index is 294. The molecule has 1 aromatic rings. The number of halogens is 1. The molecule has 1 unspecified atom stereocenters. The van der Waals surface area contributed by atoms with E-state index in [1.165, 1.54) is 14.2 Å². The largest absolute Gasteiger partial charge is 0.359 e. The number of methoxy groups -OCH3 is 1. The van der Waals surface area contributed by atoms with Gasteiger partial charge in [0, 0.05) is 18.8 Å². The van der Waals surface area contributed by atoms with E-state index in [9.17, 15) is 4.48 Å². The first-order valence-corrected chi connectivity index (χ1v) is 4.71. The summed E-state index contributed by atoms with van der Waals surface area (Å²) in [7, 11) is 2.72. The van der Waals surface area contributed by atoms with E-state index in [-0.39, 0.29) is 5.29 Å². The van der Waals surface area contributed by atoms with Crippen molar-refractivity contribution in [1.82, 2.24) is 5.29 Å². The Hall–Kier alpha value is -0.970. The first-order valence-electron chi connectivity index (χ1n) is 4.71. The highest BCUT2D eigenvalue weighted by molar-refractivity contribution is 5.16. The molecule has 84 valence electrons. The smallest absolute Gasteiger partial charge is 0.176 e. The van der Waals surface area contributed by atoms with Crippen LogP contribution in [0.1, 0.15) is 12.5 Å². The molecule has 0 saturated heterocycles. The third kappa shape index (κ3) is 2.99. The van der Waals surface area contributed by atoms with Gasteiger partial charge < -0.3 is 4.74 Å². The number of rotatable bonds is 5. The van der Waals surface area contributed by atoms with Crippen molar-refractivity contribution in [2.45, 2.75) is 19.1 Å². The maximum Gasteiger partial charge on any atom is 0.176 e. The minimum absolute atomic E-state index is 0.222. The van der Waals surface area contributed by atoms with Gasteiger partial charge in [0.05, 0.1) is 7.11 Å². The molecule has 0 radical (unpaired) electrons. The summed E-state index contributed by atoms with van der Waals surface area (Å²) in [6.45, 7) is 1.63. The summed E-state index contributed by atoms with van der Waals surface area (Å²) in [6, 6.07) is 9.56. The Morgan fingerprint density at radius 2 is 1.87 bits per heavy atom. The monoisotopic (exact) mass is 213 g/mol. The lowest BCUT2D eigenvalue weighted by molar-refractivity contribution is -0.376. The van der Waals surface area contributed by atoms with Crippen LogP contribution in [-0.2, 0) is 16.0 Å². The molecule has 0 aliphatic rings. The lowest BCUT2D eigenvalue weighted by Gasteiger charge is -2.31. The summed E-state index contributed by atoms with van der Waals surface area (Å²) in [5.41, 5.74) is -0.114. The molecular weight excluding hydrogens is 197 g/mol. The van der Waals surface area contributed by atoms with Gasteiger partial charge in [-0.2, -0.15) is 0 Å². The Morgan fingerprint density at radius 3 is 2.33 bits per heavy atom. The van der Waals surface area contributed by atoms with Crippen LogP contribution in [0.25, 0.3) is 0 Å². The zero-order chi connectivity index (χ0) is 11.3. The van der Waals surface area contributed by atoms with Gasteiger partial charge in [0.15, 0.2) is 5.72 Å². The third-order valence-corrected chi connectivity index (χ3v) is 2.35. The van der Waals surface area contributed by atoms with E-state index in [0.717, 1.165) is 5.56 Å². The van der Waals surface area contributed by atoms with E-state index in [0.29, 0.717) is 6.42 Å². The van der Waals surface area contributed by atoms with Crippen LogP contribution >= 0.6 is 0 Å². The van der Waals surface area contributed by atoms with Crippen LogP contribution in [0.4, 0.5) is 4.48 Å². The summed E-state index contributed by atoms with van der Waals surface area (Å²) in [6.07, 6.45) is 0.411. The zero-order valence-electron chi connectivity index (χ0n) is 9.24. The van der Waals surface area contributed by atoms with Gasteiger partial charge in [-0.25, -0.2) is 0 Å². The average Bonchev–Trinajstić information content (AvgIpc) is 2.29. The van der Waals surface area contributed by atoms with Gasteiger partial charge in [-0.15, -0.1) is 4.48 Å². The van der Waals surface area contributed by atoms with Crippen LogP contribution < -0.4 is 0 Å². The van der Waals surface area contributed by atoms with Crippen LogP contribution in [-0.4, -0.2) is 25.2 Å². The summed E-state index contributed by atoms with van der Waals surface area (Å²) in [4.78, 5) is 4.52. The van der Waals surface area contributed by atoms with Gasteiger partial charge in [-0.05, 0) is 12.5 Å². The predicted octanol–water partition coefficient (Wildman–Crippen LogP) is 2.34. The molecule has 15 heavy (non-hydrogen) atoms. The molecule has 0 heterocycles. The number of hydrogen-bond acceptors (Lipinski definition) is 3. The fraction of sp³-hybridized carbons (Fsp3) is 0.455. The van der Waals surface area contributed by atoms with E-state index in [1.807, 2.05) is 30.3 Å². The van der Waals surface area contributed by atoms with E-state index in [2.05, 4.69) is 4.84 Å². The molecule has 1 aromatic carbocycles. The molecular formula is C11H16FNO2. The molecule has 4 heteroatoms. The zero-order valence-corrected chi connectivity index (χ0v) is 9.24. The topological polar surface area (TPSA) is 21.7 Å². The SMILES string of the molecule is CON(F)C(C)(Cc1ccccc1)OC. The van der Waals surface area contributed by atoms with Gasteiger partial charge >= 0.3 is 0 Å². The first-order chi connectivity index (χ1) is 7.12. The van der Waals surface area contributed by atoms with Gasteiger partial charge in [0.25, 0.3) is 0 Å². The Balaban J connectivity index is 2.77. The fourth-order valence-corrected chi connectivity index (χ4v) is 1.37. The van der Waals surface area contributed by atoms with Gasteiger partial charge in [-0.1, -0.05) is 30.3 Å². The molecule has 0 saturated carbocycles. The van der Waals surface area contributed by atoms with E-state index in [4.69, 9.17) is 4.74 Å². The van der Waals surface area contributed by atoms with Crippen LogP contribution in [0.3, 0.4) is 0 Å². The summed E-state index contributed by atoms with van der Waals surface area (Å²) in [5.74, 6) is 0. The second-order valence-corrected chi connectivity index (χ2v) is 3.47. The van der Waals surface area contributed by atoms with Crippen LogP contribution in [0, 0.1) is 0 Å². The number of ether oxygens (including phenoxy) is 1. The Morgan fingerprint density at radius 1 is 1.27 bits per heavy atom. The second kappa shape index (κ2) is 5.21. The lowest BCUT2D eigenvalue weighted by atomic mass is 10.0. The Kier molecular flexibility index (Phi) is 4.20. The van der Waals surface area contributed by atoms with E-state index in [1.54, 1.807) is 6.92 Å². The number of benzene rings is 1. The number of nitrogens with zero attached hydrogens (tertiary/aromatic N) is 1. The molecule has 1 rings (SSSR count). The van der Waals surface area contributed by atoms with Crippen molar-refractivity contribution in [3.63, 3.8) is 0 Å². The van der Waals surface area contributed by atoms with Crippen LogP contribution in [0.5, 0.6) is 0 Å². The summed E-state index contributed by atoms with van der Waals surface area (Å²) < 4.78 is 18.5. The van der Waals surface area contributed by atoms with E-state index < -0.39 is 5.72 Å². The van der Waals surface area contributed by atoms with E-state index >= 15 is 0 Å². The second-order valence-electron chi connectivity index (χ2n) is 3.47. The molecule has 0 aromatic heterocycles. The van der Waals surface area contributed by atoms with Crippen LogP contribution in [0.2, 0.25) is 0 Å². The summed E-state index contributed by atoms with van der Waals surface area (Å²) >= 11 is 0. The minimum atomic E-state index is -1.10. The van der Waals surface area contributed by atoms with Crippen molar-refractivity contribution < 1.29 is 14.1 Å². The van der Waals surface area contributed by atoms with Gasteiger partial charge in [0.1, 0.15) is 0 Å². The van der Waals surface area contributed by atoms with Gasteiger partial charge in [0.2, 0.25) is 0 Å². The van der Waals surface area contributed by atoms with Crippen molar-refractivity contribution in [3.8, 4) is 0 Å². The highest BCUT2D eigenvalue weighted by Crippen LogP contribution is 2.22. The normalized spacial score (nSPS) is 15.3. The maximum absolute atomic E-state index is 13.4. The third-order valence-electron chi connectivity index (χ3n) is 2.35. The highest BCUT2D eigenvalue weighted by Gasteiger charge is 2.33. The molecule has 3 nitrogen and oxygen atoms in total. The van der Waals surface area contributed by atoms with Crippen molar-refractivity contribution in [3.05, 3.63) is 35.9 Å². The quantitative estimate of drug-likeness (QED) is 0.425. The number of hydrogen-bond donors (Lipinski definition) is 0. The fourth-order valence-electron chi connectivity index (χ4n) is 1.37. The Labute approximate surface area is 89.3 Å². The molecule has 0 amide bonds. The van der Waals surface area contributed by atoms with Crippen molar-refractivity contribution in [2.75, 3.05) is 14.2 Å². The molecule has 0 fully saturated rings. The molecule has 0 aliphatic carbocycles. The number of hydroxylamine groups is 1. The van der Waals surface area contributed by atoms with Gasteiger partial charge in [-0.3, -0.25) is 4.84 Å². The molecule has 0 aliphatic heterocycles. The van der Waals surface area contributed by atoms with Crippen molar-refractivity contribution in [2.24, 2.45) is 0 Å². The predicted molar refractivity (Wildman–Crippen MR) is 55.5 cm³/mol. The van der Waals surface area contributed by atoms with Crippen LogP contribution in [0.15, 0.2) is 30.3 Å². The lowest BCUT2D eigenvalue weighted by Crippen LogP contribution is -2.44. The first kappa shape index (κ1) is 12.1. The molecule has 0 N–H and O–H groups in total. The highest BCUT2D eigenvalue weighted by atomic mass is 19.2. The minimum Gasteiger partial charge on any atom is -0.359 e. The molecule has 1 atom stereocenters. The van der Waals surface area contributed by atoms with Crippen molar-refractivity contribution in [1.29, 1.82) is 0 Å². The molecule has 0 bridgehead atoms. The molecule has 0 spiro atoms. The summed E-state index contributed by atoms with van der Waals surface area (Å²) in [5, 5.41) is 0.222. The van der Waals surface area contributed by atoms with Crippen molar-refractivity contribution >= 4 is 0 Å². The maximum atomic E-state index is 13.4. The average molecular weight is 213 g/mol.